The van der Waals surface area contributed by atoms with E-state index < -0.39 is 0 Å². The molecule has 21 heavy (non-hydrogen) atoms. The lowest BCUT2D eigenvalue weighted by Gasteiger charge is -2.05. The Hall–Kier alpha value is -2.67. The minimum Gasteiger partial charge on any atom is -0.454 e. The van der Waals surface area contributed by atoms with Crippen LogP contribution in [0.25, 0.3) is 10.2 Å². The quantitative estimate of drug-likeness (QED) is 0.784. The van der Waals surface area contributed by atoms with E-state index in [2.05, 4.69) is 15.3 Å². The Morgan fingerprint density at radius 3 is 3.05 bits per heavy atom. The molecule has 3 aromatic rings. The molecule has 7 heteroatoms. The predicted octanol–water partition coefficient (Wildman–Crippen LogP) is 2.52. The molecule has 1 aliphatic rings. The number of nitrogens with one attached hydrogen (secondary N) is 1. The lowest BCUT2D eigenvalue weighted by molar-refractivity contribution is 0.174. The number of nitrogens with zero attached hydrogens (tertiary/aromatic N) is 2. The average Bonchev–Trinajstić information content (AvgIpc) is 2.95. The number of benzene rings is 1. The fourth-order valence-corrected chi connectivity index (χ4v) is 2.91. The summed E-state index contributed by atoms with van der Waals surface area (Å²) in [7, 11) is 0. The van der Waals surface area contributed by atoms with Crippen molar-refractivity contribution in [1.82, 2.24) is 9.97 Å². The predicted molar refractivity (Wildman–Crippen MR) is 79.5 cm³/mol. The van der Waals surface area contributed by atoms with Crippen LogP contribution < -0.4 is 20.3 Å². The summed E-state index contributed by atoms with van der Waals surface area (Å²) in [5.41, 5.74) is 0.484. The van der Waals surface area contributed by atoms with Crippen LogP contribution in [-0.4, -0.2) is 16.8 Å². The number of rotatable bonds is 2. The second-order valence-electron chi connectivity index (χ2n) is 4.37. The molecule has 0 spiro atoms. The van der Waals surface area contributed by atoms with Gasteiger partial charge in [-0.05, 0) is 24.3 Å². The molecule has 2 aromatic heterocycles. The molecule has 0 aliphatic carbocycles. The van der Waals surface area contributed by atoms with Gasteiger partial charge in [-0.2, -0.15) is 4.98 Å². The van der Waals surface area contributed by atoms with Crippen LogP contribution in [0.3, 0.4) is 0 Å². The molecular formula is C14H9N3O3S. The van der Waals surface area contributed by atoms with Gasteiger partial charge in [0.25, 0.3) is 5.56 Å². The Bertz CT molecular complexity index is 894. The fourth-order valence-electron chi connectivity index (χ4n) is 2.05. The van der Waals surface area contributed by atoms with E-state index in [0.717, 1.165) is 5.69 Å². The first-order valence-corrected chi connectivity index (χ1v) is 7.04. The Kier molecular flexibility index (Phi) is 2.71. The third-order valence-electron chi connectivity index (χ3n) is 3.02. The van der Waals surface area contributed by atoms with Crippen LogP contribution in [0.4, 0.5) is 10.8 Å². The molecule has 0 saturated heterocycles. The maximum atomic E-state index is 11.9. The average molecular weight is 299 g/mol. The Morgan fingerprint density at radius 1 is 1.19 bits per heavy atom. The van der Waals surface area contributed by atoms with Crippen LogP contribution in [0.2, 0.25) is 0 Å². The van der Waals surface area contributed by atoms with Crippen LogP contribution >= 0.6 is 11.3 Å². The molecule has 1 aromatic carbocycles. The van der Waals surface area contributed by atoms with Gasteiger partial charge in [0, 0.05) is 18.0 Å². The zero-order valence-electron chi connectivity index (χ0n) is 10.7. The van der Waals surface area contributed by atoms with E-state index in [1.165, 1.54) is 11.3 Å². The van der Waals surface area contributed by atoms with Crippen molar-refractivity contribution in [3.8, 4) is 11.5 Å². The minimum atomic E-state index is -0.292. The number of hydrogen-bond donors (Lipinski definition) is 1. The maximum absolute atomic E-state index is 11.9. The SMILES string of the molecule is O=c1nc(Nc2ccc3c(c2)OCO3)sc2ncccc12. The summed E-state index contributed by atoms with van der Waals surface area (Å²) in [6.07, 6.45) is 1.66. The van der Waals surface area contributed by atoms with Crippen LogP contribution in [-0.2, 0) is 0 Å². The molecule has 0 fully saturated rings. The van der Waals surface area contributed by atoms with Crippen molar-refractivity contribution in [3.63, 3.8) is 0 Å². The highest BCUT2D eigenvalue weighted by atomic mass is 32.1. The van der Waals surface area contributed by atoms with Gasteiger partial charge in [-0.25, -0.2) is 4.98 Å². The number of fused-ring (bicyclic) bond motifs is 2. The van der Waals surface area contributed by atoms with Crippen LogP contribution in [0.5, 0.6) is 11.5 Å². The second kappa shape index (κ2) is 4.71. The third-order valence-corrected chi connectivity index (χ3v) is 3.93. The van der Waals surface area contributed by atoms with Crippen LogP contribution in [0.15, 0.2) is 41.3 Å². The fraction of sp³-hybridized carbons (Fsp3) is 0.0714. The van der Waals surface area contributed by atoms with Gasteiger partial charge in [0.15, 0.2) is 16.6 Å². The molecule has 0 saturated carbocycles. The summed E-state index contributed by atoms with van der Waals surface area (Å²) in [6.45, 7) is 0.226. The molecule has 6 nitrogen and oxygen atoms in total. The largest absolute Gasteiger partial charge is 0.454 e. The zero-order valence-corrected chi connectivity index (χ0v) is 11.5. The van der Waals surface area contributed by atoms with Crippen molar-refractivity contribution in [3.05, 3.63) is 46.9 Å². The van der Waals surface area contributed by atoms with Gasteiger partial charge in [-0.1, -0.05) is 11.3 Å². The maximum Gasteiger partial charge on any atom is 0.282 e. The molecule has 4 rings (SSSR count). The van der Waals surface area contributed by atoms with Gasteiger partial charge >= 0.3 is 0 Å². The zero-order chi connectivity index (χ0) is 14.2. The molecule has 1 N–H and O–H groups in total. The Morgan fingerprint density at radius 2 is 2.10 bits per heavy atom. The summed E-state index contributed by atoms with van der Waals surface area (Å²) in [5.74, 6) is 1.38. The van der Waals surface area contributed by atoms with E-state index >= 15 is 0 Å². The van der Waals surface area contributed by atoms with Crippen molar-refractivity contribution < 1.29 is 9.47 Å². The number of ether oxygens (including phenoxy) is 2. The normalized spacial score (nSPS) is 12.6. The summed E-state index contributed by atoms with van der Waals surface area (Å²) >= 11 is 1.32. The van der Waals surface area contributed by atoms with E-state index in [0.29, 0.717) is 26.8 Å². The molecule has 3 heterocycles. The molecule has 0 atom stereocenters. The van der Waals surface area contributed by atoms with Crippen LogP contribution in [0.1, 0.15) is 0 Å². The first-order valence-electron chi connectivity index (χ1n) is 6.22. The van der Waals surface area contributed by atoms with E-state index in [1.807, 2.05) is 18.2 Å². The van der Waals surface area contributed by atoms with E-state index in [1.54, 1.807) is 18.3 Å². The highest BCUT2D eigenvalue weighted by Gasteiger charge is 2.14. The van der Waals surface area contributed by atoms with Crippen molar-refractivity contribution in [1.29, 1.82) is 0 Å². The molecule has 0 bridgehead atoms. The van der Waals surface area contributed by atoms with Crippen molar-refractivity contribution in [2.75, 3.05) is 12.1 Å². The van der Waals surface area contributed by atoms with Crippen molar-refractivity contribution >= 4 is 32.4 Å². The highest BCUT2D eigenvalue weighted by molar-refractivity contribution is 7.21. The summed E-state index contributed by atoms with van der Waals surface area (Å²) < 4.78 is 10.6. The Labute approximate surface area is 123 Å². The smallest absolute Gasteiger partial charge is 0.282 e. The van der Waals surface area contributed by atoms with Crippen molar-refractivity contribution in [2.24, 2.45) is 0 Å². The first-order chi connectivity index (χ1) is 10.3. The van der Waals surface area contributed by atoms with Gasteiger partial charge < -0.3 is 14.8 Å². The van der Waals surface area contributed by atoms with Gasteiger partial charge in [0.2, 0.25) is 6.79 Å². The molecular weight excluding hydrogens is 290 g/mol. The lowest BCUT2D eigenvalue weighted by atomic mass is 10.3. The molecule has 1 aliphatic heterocycles. The van der Waals surface area contributed by atoms with E-state index in [9.17, 15) is 4.79 Å². The molecule has 104 valence electrons. The molecule has 0 amide bonds. The number of pyridine rings is 1. The first kappa shape index (κ1) is 12.1. The highest BCUT2D eigenvalue weighted by Crippen LogP contribution is 2.35. The van der Waals surface area contributed by atoms with Gasteiger partial charge in [-0.15, -0.1) is 0 Å². The standard InChI is InChI=1S/C14H9N3O3S/c18-12-9-2-1-5-15-13(9)21-14(17-12)16-8-3-4-10-11(6-8)20-7-19-10/h1-6H,7H2,(H,16,17,18). The minimum absolute atomic E-state index is 0.226. The second-order valence-corrected chi connectivity index (χ2v) is 5.35. The molecule has 0 unspecified atom stereocenters. The summed E-state index contributed by atoms with van der Waals surface area (Å²) in [4.78, 5) is 20.8. The van der Waals surface area contributed by atoms with Crippen LogP contribution in [0, 0.1) is 0 Å². The molecule has 0 radical (unpaired) electrons. The van der Waals surface area contributed by atoms with E-state index in [4.69, 9.17) is 9.47 Å². The van der Waals surface area contributed by atoms with Gasteiger partial charge in [0.1, 0.15) is 4.83 Å². The topological polar surface area (TPSA) is 73.3 Å². The summed E-state index contributed by atoms with van der Waals surface area (Å²) in [6, 6.07) is 8.91. The van der Waals surface area contributed by atoms with Crippen molar-refractivity contribution in [2.45, 2.75) is 0 Å². The van der Waals surface area contributed by atoms with Gasteiger partial charge in [0.05, 0.1) is 5.39 Å². The lowest BCUT2D eigenvalue weighted by Crippen LogP contribution is -2.07. The third kappa shape index (κ3) is 2.17. The number of anilines is 2. The number of aromatic nitrogens is 2. The van der Waals surface area contributed by atoms with E-state index in [-0.39, 0.29) is 12.4 Å². The Balaban J connectivity index is 1.72. The monoisotopic (exact) mass is 299 g/mol. The van der Waals surface area contributed by atoms with Gasteiger partial charge in [-0.3, -0.25) is 4.79 Å². The number of hydrogen-bond acceptors (Lipinski definition) is 7. The summed E-state index contributed by atoms with van der Waals surface area (Å²) in [5, 5.41) is 4.12.